The van der Waals surface area contributed by atoms with Gasteiger partial charge in [-0.15, -0.1) is 0 Å². The smallest absolute Gasteiger partial charge is 0.0804 e. The van der Waals surface area contributed by atoms with Crippen LogP contribution in [0.25, 0.3) is 0 Å². The Labute approximate surface area is 144 Å². The van der Waals surface area contributed by atoms with Gasteiger partial charge in [0.15, 0.2) is 0 Å². The van der Waals surface area contributed by atoms with E-state index < -0.39 is 30.1 Å². The summed E-state index contributed by atoms with van der Waals surface area (Å²) in [6, 6.07) is 0. The molecule has 0 aromatic heterocycles. The highest BCUT2D eigenvalue weighted by Crippen LogP contribution is 2.68. The molecule has 4 aliphatic carbocycles. The first-order chi connectivity index (χ1) is 11.9. The summed E-state index contributed by atoms with van der Waals surface area (Å²) >= 11 is 0. The van der Waals surface area contributed by atoms with Crippen molar-refractivity contribution in [3.63, 3.8) is 0 Å². The lowest BCUT2D eigenvalue weighted by Crippen LogP contribution is -2.58. The van der Waals surface area contributed by atoms with Crippen molar-refractivity contribution in [1.29, 1.82) is 0 Å². The Bertz CT molecular complexity index is 581. The van der Waals surface area contributed by atoms with Crippen molar-refractivity contribution in [2.75, 3.05) is 0 Å². The fraction of sp³-hybridized carbons (Fsp3) is 1.00. The zero-order valence-electron chi connectivity index (χ0n) is 17.5. The molecule has 3 heteroatoms. The highest BCUT2D eigenvalue weighted by atomic mass is 16.3. The van der Waals surface area contributed by atoms with E-state index in [2.05, 4.69) is 6.92 Å². The van der Waals surface area contributed by atoms with Crippen LogP contribution < -0.4 is 0 Å². The maximum absolute atomic E-state index is 11.2. The fourth-order valence-electron chi connectivity index (χ4n) is 7.29. The van der Waals surface area contributed by atoms with Gasteiger partial charge in [-0.25, -0.2) is 0 Å². The van der Waals surface area contributed by atoms with Gasteiger partial charge in [-0.05, 0) is 92.7 Å². The largest absolute Gasteiger partial charge is 0.390 e. The third-order valence-electron chi connectivity index (χ3n) is 8.84. The molecule has 0 aliphatic heterocycles. The Balaban J connectivity index is 1.65. The maximum atomic E-state index is 11.2. The van der Waals surface area contributed by atoms with E-state index in [9.17, 15) is 15.3 Å². The molecule has 0 spiro atoms. The first-order valence-corrected chi connectivity index (χ1v) is 9.52. The Morgan fingerprint density at radius 1 is 0.957 bits per heavy atom. The van der Waals surface area contributed by atoms with E-state index in [0.29, 0.717) is 37.0 Å². The van der Waals surface area contributed by atoms with Gasteiger partial charge >= 0.3 is 0 Å². The summed E-state index contributed by atoms with van der Waals surface area (Å²) in [7, 11) is 0. The average Bonchev–Trinajstić information content (AvgIpc) is 2.82. The Morgan fingerprint density at radius 2 is 1.70 bits per heavy atom. The molecule has 0 bridgehead atoms. The third kappa shape index (κ3) is 2.05. The molecule has 9 atom stereocenters. The van der Waals surface area contributed by atoms with E-state index in [4.69, 9.17) is 4.11 Å². The summed E-state index contributed by atoms with van der Waals surface area (Å²) in [6.45, 7) is 1.97. The molecule has 0 radical (unpaired) electrons. The van der Waals surface area contributed by atoms with E-state index in [1.54, 1.807) is 0 Å². The molecule has 0 amide bonds. The van der Waals surface area contributed by atoms with Crippen LogP contribution in [0.1, 0.15) is 76.2 Å². The molecular weight excluding hydrogens is 288 g/mol. The Kier molecular flexibility index (Phi) is 2.83. The van der Waals surface area contributed by atoms with Gasteiger partial charge in [-0.3, -0.25) is 0 Å². The monoisotopic (exact) mass is 325 g/mol. The quantitative estimate of drug-likeness (QED) is 0.641. The summed E-state index contributed by atoms with van der Waals surface area (Å²) in [4.78, 5) is 0. The molecule has 0 saturated heterocycles. The van der Waals surface area contributed by atoms with Gasteiger partial charge in [0.25, 0.3) is 0 Å². The second-order valence-corrected chi connectivity index (χ2v) is 9.59. The molecule has 0 unspecified atom stereocenters. The van der Waals surface area contributed by atoms with Gasteiger partial charge in [0.1, 0.15) is 0 Å². The van der Waals surface area contributed by atoms with Crippen LogP contribution in [0.4, 0.5) is 0 Å². The molecular formula is C20H34O3. The Hall–Kier alpha value is -0.120. The van der Waals surface area contributed by atoms with E-state index in [0.717, 1.165) is 32.1 Å². The number of aliphatic hydroxyl groups excluding tert-OH is 2. The molecule has 0 aromatic carbocycles. The van der Waals surface area contributed by atoms with Crippen LogP contribution in [0.15, 0.2) is 0 Å². The SMILES string of the molecule is [2H]C([2H])([2H])[C@]1(O)CC[C@H]2[C@@H]3CC[C@H]4C[C@H](O)[C@@H](O)C[C@]4(C)[C@H]3CC[C@@]21C. The second kappa shape index (κ2) is 4.95. The van der Waals surface area contributed by atoms with Crippen molar-refractivity contribution >= 4 is 0 Å². The van der Waals surface area contributed by atoms with Crippen LogP contribution >= 0.6 is 0 Å². The minimum Gasteiger partial charge on any atom is -0.390 e. The molecule has 0 heterocycles. The minimum absolute atomic E-state index is 0.0174. The topological polar surface area (TPSA) is 60.7 Å². The maximum Gasteiger partial charge on any atom is 0.0804 e. The number of hydrogen-bond acceptors (Lipinski definition) is 3. The van der Waals surface area contributed by atoms with Gasteiger partial charge in [0.05, 0.1) is 17.8 Å². The minimum atomic E-state index is -2.34. The van der Waals surface area contributed by atoms with Crippen molar-refractivity contribution in [1.82, 2.24) is 0 Å². The van der Waals surface area contributed by atoms with Crippen LogP contribution in [0.5, 0.6) is 0 Å². The van der Waals surface area contributed by atoms with Crippen LogP contribution in [-0.2, 0) is 0 Å². The molecule has 23 heavy (non-hydrogen) atoms. The first-order valence-electron chi connectivity index (χ1n) is 11.0. The number of aliphatic hydroxyl groups is 3. The van der Waals surface area contributed by atoms with Gasteiger partial charge in [0.2, 0.25) is 0 Å². The van der Waals surface area contributed by atoms with Crippen LogP contribution in [0.3, 0.4) is 0 Å². The molecule has 4 rings (SSSR count). The zero-order valence-corrected chi connectivity index (χ0v) is 14.5. The van der Waals surface area contributed by atoms with E-state index in [-0.39, 0.29) is 11.3 Å². The summed E-state index contributed by atoms with van der Waals surface area (Å²) < 4.78 is 23.9. The predicted molar refractivity (Wildman–Crippen MR) is 89.7 cm³/mol. The van der Waals surface area contributed by atoms with Crippen LogP contribution in [0, 0.1) is 34.5 Å². The normalized spacial score (nSPS) is 64.8. The van der Waals surface area contributed by atoms with Gasteiger partial charge in [-0.2, -0.15) is 0 Å². The molecule has 4 saturated carbocycles. The highest BCUT2D eigenvalue weighted by Gasteiger charge is 2.63. The lowest BCUT2D eigenvalue weighted by Gasteiger charge is -2.62. The number of fused-ring (bicyclic) bond motifs is 5. The van der Waals surface area contributed by atoms with E-state index >= 15 is 0 Å². The standard InChI is InChI=1S/C20H34O3/c1-18-11-17(22)16(21)10-12(18)4-5-13-14(18)6-8-19(2)15(13)7-9-20(19,3)23/h12-17,21-23H,4-11H2,1-3H3/t12-,13+,14-,15-,16-,17-,18-,19-,20-/m0/s1/i3D3. The molecule has 3 N–H and O–H groups in total. The van der Waals surface area contributed by atoms with Gasteiger partial charge in [0, 0.05) is 4.11 Å². The number of hydrogen-bond donors (Lipinski definition) is 3. The van der Waals surface area contributed by atoms with Crippen LogP contribution in [0.2, 0.25) is 0 Å². The molecule has 4 aliphatic rings. The Morgan fingerprint density at radius 3 is 2.43 bits per heavy atom. The van der Waals surface area contributed by atoms with Gasteiger partial charge in [-0.1, -0.05) is 13.8 Å². The van der Waals surface area contributed by atoms with Crippen molar-refractivity contribution in [3.8, 4) is 0 Å². The van der Waals surface area contributed by atoms with Crippen molar-refractivity contribution in [2.24, 2.45) is 34.5 Å². The summed E-state index contributed by atoms with van der Waals surface area (Å²) in [5.74, 6) is 1.57. The van der Waals surface area contributed by atoms with Crippen LogP contribution in [-0.4, -0.2) is 33.1 Å². The molecule has 132 valence electrons. The van der Waals surface area contributed by atoms with Crippen molar-refractivity contribution < 1.29 is 19.4 Å². The molecule has 0 aromatic rings. The van der Waals surface area contributed by atoms with E-state index in [1.807, 2.05) is 6.92 Å². The van der Waals surface area contributed by atoms with Crippen molar-refractivity contribution in [2.45, 2.75) is 89.9 Å². The summed E-state index contributed by atoms with van der Waals surface area (Å²) in [6.07, 6.45) is 5.01. The average molecular weight is 326 g/mol. The fourth-order valence-corrected chi connectivity index (χ4v) is 7.29. The zero-order chi connectivity index (χ0) is 19.1. The predicted octanol–water partition coefficient (Wildman–Crippen LogP) is 3.11. The molecule has 4 fully saturated rings. The van der Waals surface area contributed by atoms with Crippen molar-refractivity contribution in [3.05, 3.63) is 0 Å². The van der Waals surface area contributed by atoms with E-state index in [1.165, 1.54) is 0 Å². The summed E-state index contributed by atoms with van der Waals surface area (Å²) in [5.41, 5.74) is -2.10. The third-order valence-corrected chi connectivity index (χ3v) is 8.84. The molecule has 3 nitrogen and oxygen atoms in total. The summed E-state index contributed by atoms with van der Waals surface area (Å²) in [5, 5.41) is 31.7. The second-order valence-electron chi connectivity index (χ2n) is 9.59. The lowest BCUT2D eigenvalue weighted by molar-refractivity contribution is -0.173. The lowest BCUT2D eigenvalue weighted by atomic mass is 9.44. The highest BCUT2D eigenvalue weighted by molar-refractivity contribution is 5.13. The first kappa shape index (κ1) is 13.1. The van der Waals surface area contributed by atoms with Gasteiger partial charge < -0.3 is 15.3 Å². The number of rotatable bonds is 0.